The van der Waals surface area contributed by atoms with Crippen molar-refractivity contribution in [3.05, 3.63) is 29.0 Å². The van der Waals surface area contributed by atoms with Crippen LogP contribution in [0, 0.1) is 5.82 Å². The fraction of sp³-hybridized carbons (Fsp3) is 0.455. The van der Waals surface area contributed by atoms with Crippen molar-refractivity contribution in [2.24, 2.45) is 0 Å². The maximum Gasteiger partial charge on any atom is 0.141 e. The molecule has 0 bridgehead atoms. The van der Waals surface area contributed by atoms with Gasteiger partial charge in [-0.3, -0.25) is 0 Å². The van der Waals surface area contributed by atoms with E-state index in [4.69, 9.17) is 11.6 Å². The average Bonchev–Trinajstić information content (AvgIpc) is 2.17. The van der Waals surface area contributed by atoms with E-state index in [-0.39, 0.29) is 5.02 Å². The maximum atomic E-state index is 12.8. The van der Waals surface area contributed by atoms with Gasteiger partial charge in [0, 0.05) is 12.2 Å². The van der Waals surface area contributed by atoms with E-state index >= 15 is 0 Å². The minimum absolute atomic E-state index is 0.0978. The van der Waals surface area contributed by atoms with Gasteiger partial charge >= 0.3 is 0 Å². The first-order valence-electron chi connectivity index (χ1n) is 5.00. The van der Waals surface area contributed by atoms with Crippen molar-refractivity contribution in [2.75, 3.05) is 11.9 Å². The second-order valence-corrected chi connectivity index (χ2v) is 4.47. The van der Waals surface area contributed by atoms with E-state index in [1.54, 1.807) is 6.07 Å². The summed E-state index contributed by atoms with van der Waals surface area (Å²) in [5.74, 6) is -0.426. The summed E-state index contributed by atoms with van der Waals surface area (Å²) in [4.78, 5) is 0. The molecule has 82 valence electrons. The SMILES string of the molecule is OC1(CNc2ccc(F)c(Cl)c2)CCC1. The minimum Gasteiger partial charge on any atom is -0.388 e. The minimum atomic E-state index is -0.582. The maximum absolute atomic E-state index is 12.8. The molecule has 1 aliphatic rings. The van der Waals surface area contributed by atoms with Crippen molar-refractivity contribution in [1.82, 2.24) is 0 Å². The quantitative estimate of drug-likeness (QED) is 0.836. The topological polar surface area (TPSA) is 32.3 Å². The molecule has 0 amide bonds. The van der Waals surface area contributed by atoms with Crippen molar-refractivity contribution >= 4 is 17.3 Å². The molecule has 0 unspecified atom stereocenters. The van der Waals surface area contributed by atoms with Crippen LogP contribution in [0.3, 0.4) is 0 Å². The van der Waals surface area contributed by atoms with E-state index < -0.39 is 11.4 Å². The lowest BCUT2D eigenvalue weighted by atomic mass is 9.80. The number of anilines is 1. The lowest BCUT2D eigenvalue weighted by Crippen LogP contribution is -2.43. The van der Waals surface area contributed by atoms with Gasteiger partial charge in [-0.05, 0) is 37.5 Å². The van der Waals surface area contributed by atoms with Crippen LogP contribution >= 0.6 is 11.6 Å². The van der Waals surface area contributed by atoms with Crippen molar-refractivity contribution < 1.29 is 9.50 Å². The number of hydrogen-bond acceptors (Lipinski definition) is 2. The fourth-order valence-electron chi connectivity index (χ4n) is 1.63. The molecule has 2 rings (SSSR count). The summed E-state index contributed by atoms with van der Waals surface area (Å²) < 4.78 is 12.8. The largest absolute Gasteiger partial charge is 0.388 e. The zero-order valence-electron chi connectivity index (χ0n) is 8.26. The summed E-state index contributed by atoms with van der Waals surface area (Å²) in [6, 6.07) is 4.46. The summed E-state index contributed by atoms with van der Waals surface area (Å²) >= 11 is 5.63. The number of hydrogen-bond donors (Lipinski definition) is 2. The third kappa shape index (κ3) is 2.41. The van der Waals surface area contributed by atoms with Crippen molar-refractivity contribution in [2.45, 2.75) is 24.9 Å². The molecule has 0 atom stereocenters. The van der Waals surface area contributed by atoms with Gasteiger partial charge in [0.2, 0.25) is 0 Å². The molecule has 1 saturated carbocycles. The van der Waals surface area contributed by atoms with E-state index in [0.717, 1.165) is 24.9 Å². The van der Waals surface area contributed by atoms with Gasteiger partial charge in [0.1, 0.15) is 5.82 Å². The predicted octanol–water partition coefficient (Wildman–Crippen LogP) is 2.81. The van der Waals surface area contributed by atoms with Gasteiger partial charge in [-0.15, -0.1) is 0 Å². The van der Waals surface area contributed by atoms with E-state index in [0.29, 0.717) is 6.54 Å². The third-order valence-corrected chi connectivity index (χ3v) is 3.12. The van der Waals surface area contributed by atoms with Gasteiger partial charge < -0.3 is 10.4 Å². The molecule has 0 radical (unpaired) electrons. The lowest BCUT2D eigenvalue weighted by Gasteiger charge is -2.36. The Morgan fingerprint density at radius 1 is 1.47 bits per heavy atom. The first-order valence-corrected chi connectivity index (χ1v) is 5.38. The van der Waals surface area contributed by atoms with Crippen molar-refractivity contribution in [3.8, 4) is 0 Å². The molecule has 2 N–H and O–H groups in total. The smallest absolute Gasteiger partial charge is 0.141 e. The van der Waals surface area contributed by atoms with Crippen LogP contribution in [0.1, 0.15) is 19.3 Å². The van der Waals surface area contributed by atoms with Crippen LogP contribution in [0.4, 0.5) is 10.1 Å². The first-order chi connectivity index (χ1) is 7.09. The van der Waals surface area contributed by atoms with Crippen LogP contribution in [0.25, 0.3) is 0 Å². The van der Waals surface area contributed by atoms with E-state index in [9.17, 15) is 9.50 Å². The van der Waals surface area contributed by atoms with Gasteiger partial charge in [0.15, 0.2) is 0 Å². The number of aliphatic hydroxyl groups is 1. The van der Waals surface area contributed by atoms with Crippen molar-refractivity contribution in [3.63, 3.8) is 0 Å². The second-order valence-electron chi connectivity index (χ2n) is 4.06. The number of rotatable bonds is 3. The Kier molecular flexibility index (Phi) is 2.85. The molecule has 4 heteroatoms. The molecular weight excluding hydrogens is 217 g/mol. The summed E-state index contributed by atoms with van der Waals surface area (Å²) in [6.45, 7) is 0.495. The molecule has 0 saturated heterocycles. The zero-order chi connectivity index (χ0) is 10.9. The third-order valence-electron chi connectivity index (χ3n) is 2.83. The fourth-order valence-corrected chi connectivity index (χ4v) is 1.81. The highest BCUT2D eigenvalue weighted by Gasteiger charge is 2.33. The van der Waals surface area contributed by atoms with Crippen LogP contribution in [-0.4, -0.2) is 17.3 Å². The first kappa shape index (κ1) is 10.7. The van der Waals surface area contributed by atoms with Crippen LogP contribution in [0.5, 0.6) is 0 Å². The van der Waals surface area contributed by atoms with Crippen LogP contribution in [0.2, 0.25) is 5.02 Å². The molecule has 1 aliphatic carbocycles. The van der Waals surface area contributed by atoms with Gasteiger partial charge in [0.05, 0.1) is 10.6 Å². The molecule has 0 aliphatic heterocycles. The number of nitrogens with one attached hydrogen (secondary N) is 1. The normalized spacial score (nSPS) is 18.3. The summed E-state index contributed by atoms with van der Waals surface area (Å²) in [7, 11) is 0. The zero-order valence-corrected chi connectivity index (χ0v) is 9.02. The van der Waals surface area contributed by atoms with Gasteiger partial charge in [0.25, 0.3) is 0 Å². The molecular formula is C11H13ClFNO. The highest BCUT2D eigenvalue weighted by atomic mass is 35.5. The van der Waals surface area contributed by atoms with Crippen LogP contribution in [0.15, 0.2) is 18.2 Å². The molecule has 1 aromatic carbocycles. The van der Waals surface area contributed by atoms with Crippen LogP contribution in [-0.2, 0) is 0 Å². The summed E-state index contributed by atoms with van der Waals surface area (Å²) in [5.41, 5.74) is 0.155. The standard InChI is InChI=1S/C11H13ClFNO/c12-9-6-8(2-3-10(9)13)14-7-11(15)4-1-5-11/h2-3,6,14-15H,1,4-5,7H2. The molecule has 0 heterocycles. The Morgan fingerprint density at radius 3 is 2.73 bits per heavy atom. The van der Waals surface area contributed by atoms with Gasteiger partial charge in [-0.2, -0.15) is 0 Å². The Balaban J connectivity index is 1.96. The molecule has 15 heavy (non-hydrogen) atoms. The Morgan fingerprint density at radius 2 is 2.20 bits per heavy atom. The average molecular weight is 230 g/mol. The molecule has 0 spiro atoms. The Labute approximate surface area is 93.1 Å². The lowest BCUT2D eigenvalue weighted by molar-refractivity contribution is -0.0201. The van der Waals surface area contributed by atoms with Gasteiger partial charge in [-0.25, -0.2) is 4.39 Å². The Hall–Kier alpha value is -0.800. The molecule has 1 aromatic rings. The Bertz CT molecular complexity index is 366. The second kappa shape index (κ2) is 3.99. The van der Waals surface area contributed by atoms with Crippen LogP contribution < -0.4 is 5.32 Å². The predicted molar refractivity (Wildman–Crippen MR) is 58.7 cm³/mol. The highest BCUT2D eigenvalue weighted by Crippen LogP contribution is 2.31. The molecule has 0 aromatic heterocycles. The molecule has 2 nitrogen and oxygen atoms in total. The molecule has 1 fully saturated rings. The highest BCUT2D eigenvalue weighted by molar-refractivity contribution is 6.31. The number of halogens is 2. The van der Waals surface area contributed by atoms with Crippen molar-refractivity contribution in [1.29, 1.82) is 0 Å². The van der Waals surface area contributed by atoms with E-state index in [1.807, 2.05) is 0 Å². The number of benzene rings is 1. The summed E-state index contributed by atoms with van der Waals surface area (Å²) in [6.07, 6.45) is 2.73. The van der Waals surface area contributed by atoms with Gasteiger partial charge in [-0.1, -0.05) is 11.6 Å². The van der Waals surface area contributed by atoms with E-state index in [2.05, 4.69) is 5.32 Å². The summed E-state index contributed by atoms with van der Waals surface area (Å²) in [5, 5.41) is 13.0. The van der Waals surface area contributed by atoms with E-state index in [1.165, 1.54) is 12.1 Å². The monoisotopic (exact) mass is 229 g/mol.